The van der Waals surface area contributed by atoms with E-state index in [1.165, 1.54) is 0 Å². The van der Waals surface area contributed by atoms with Gasteiger partial charge in [-0.15, -0.1) is 5.10 Å². The average molecular weight is 315 g/mol. The van der Waals surface area contributed by atoms with Gasteiger partial charge in [0.2, 0.25) is 0 Å². The van der Waals surface area contributed by atoms with Gasteiger partial charge < -0.3 is 10.0 Å². The maximum absolute atomic E-state index is 12.5. The summed E-state index contributed by atoms with van der Waals surface area (Å²) in [6, 6.07) is 3.75. The first-order valence-electron chi connectivity index (χ1n) is 7.76. The van der Waals surface area contributed by atoms with Gasteiger partial charge >= 0.3 is 0 Å². The predicted octanol–water partition coefficient (Wildman–Crippen LogP) is 1.30. The van der Waals surface area contributed by atoms with E-state index in [1.807, 2.05) is 26.8 Å². The van der Waals surface area contributed by atoms with Gasteiger partial charge in [0.25, 0.3) is 5.91 Å². The van der Waals surface area contributed by atoms with Crippen LogP contribution in [-0.2, 0) is 5.60 Å². The number of pyridine rings is 1. The van der Waals surface area contributed by atoms with E-state index in [-0.39, 0.29) is 18.5 Å². The molecule has 0 radical (unpaired) electrons. The van der Waals surface area contributed by atoms with Gasteiger partial charge in [0.05, 0.1) is 18.3 Å². The molecule has 1 N–H and O–H groups in total. The third kappa shape index (κ3) is 2.96. The number of aryl methyl sites for hydroxylation is 1. The van der Waals surface area contributed by atoms with Gasteiger partial charge in [-0.2, -0.15) is 0 Å². The molecule has 3 rings (SSSR count). The molecule has 1 amide bonds. The van der Waals surface area contributed by atoms with Crippen molar-refractivity contribution in [3.05, 3.63) is 41.5 Å². The van der Waals surface area contributed by atoms with E-state index in [1.54, 1.807) is 28.0 Å². The van der Waals surface area contributed by atoms with Gasteiger partial charge in [-0.3, -0.25) is 9.78 Å². The molecule has 122 valence electrons. The monoisotopic (exact) mass is 315 g/mol. The highest BCUT2D eigenvalue weighted by Gasteiger charge is 2.42. The Kier molecular flexibility index (Phi) is 3.89. The van der Waals surface area contributed by atoms with Crippen LogP contribution in [0.2, 0.25) is 0 Å². The molecule has 2 aromatic heterocycles. The highest BCUT2D eigenvalue weighted by atomic mass is 16.3. The summed E-state index contributed by atoms with van der Waals surface area (Å²) in [4.78, 5) is 18.3. The highest BCUT2D eigenvalue weighted by molar-refractivity contribution is 5.94. The molecule has 7 heteroatoms. The Labute approximate surface area is 134 Å². The zero-order valence-corrected chi connectivity index (χ0v) is 13.6. The second kappa shape index (κ2) is 5.73. The van der Waals surface area contributed by atoms with Crippen molar-refractivity contribution in [1.82, 2.24) is 24.9 Å². The quantitative estimate of drug-likeness (QED) is 0.923. The summed E-state index contributed by atoms with van der Waals surface area (Å²) < 4.78 is 1.71. The maximum Gasteiger partial charge on any atom is 0.255 e. The average Bonchev–Trinajstić information content (AvgIpc) is 3.15. The van der Waals surface area contributed by atoms with Crippen LogP contribution >= 0.6 is 0 Å². The smallest absolute Gasteiger partial charge is 0.255 e. The van der Waals surface area contributed by atoms with Gasteiger partial charge in [0.15, 0.2) is 0 Å². The number of β-amino-alcohol motifs (C(OH)–C–C–N with tert-alkyl or cyclic N) is 1. The minimum Gasteiger partial charge on any atom is -0.381 e. The molecule has 1 aliphatic heterocycles. The van der Waals surface area contributed by atoms with Crippen LogP contribution in [0.3, 0.4) is 0 Å². The van der Waals surface area contributed by atoms with Gasteiger partial charge in [-0.05, 0) is 32.9 Å². The molecular formula is C16H21N5O2. The molecule has 0 spiro atoms. The summed E-state index contributed by atoms with van der Waals surface area (Å²) in [6.45, 7) is 6.57. The Morgan fingerprint density at radius 3 is 2.78 bits per heavy atom. The largest absolute Gasteiger partial charge is 0.381 e. The van der Waals surface area contributed by atoms with Crippen molar-refractivity contribution >= 4 is 5.91 Å². The van der Waals surface area contributed by atoms with Crippen molar-refractivity contribution in [3.8, 4) is 0 Å². The maximum atomic E-state index is 12.5. The first kappa shape index (κ1) is 15.6. The van der Waals surface area contributed by atoms with Gasteiger partial charge in [0, 0.05) is 30.9 Å². The topological polar surface area (TPSA) is 84.1 Å². The molecule has 0 bridgehead atoms. The molecule has 1 fully saturated rings. The number of rotatable bonds is 3. The first-order valence-corrected chi connectivity index (χ1v) is 7.76. The van der Waals surface area contributed by atoms with Crippen molar-refractivity contribution < 1.29 is 9.90 Å². The van der Waals surface area contributed by atoms with E-state index in [0.717, 1.165) is 5.69 Å². The lowest BCUT2D eigenvalue weighted by molar-refractivity contribution is 0.0381. The summed E-state index contributed by atoms with van der Waals surface area (Å²) in [7, 11) is 0. The van der Waals surface area contributed by atoms with Crippen molar-refractivity contribution in [2.75, 3.05) is 13.1 Å². The summed E-state index contributed by atoms with van der Waals surface area (Å²) >= 11 is 0. The van der Waals surface area contributed by atoms with Crippen molar-refractivity contribution in [3.63, 3.8) is 0 Å². The van der Waals surface area contributed by atoms with E-state index >= 15 is 0 Å². The molecule has 0 unspecified atom stereocenters. The molecule has 1 atom stereocenters. The number of aromatic nitrogens is 4. The van der Waals surface area contributed by atoms with Crippen LogP contribution in [0.25, 0.3) is 0 Å². The Bertz CT molecular complexity index is 710. The van der Waals surface area contributed by atoms with Crippen molar-refractivity contribution in [2.24, 2.45) is 0 Å². The van der Waals surface area contributed by atoms with Crippen LogP contribution in [0, 0.1) is 6.92 Å². The zero-order valence-electron chi connectivity index (χ0n) is 13.6. The van der Waals surface area contributed by atoms with E-state index in [2.05, 4.69) is 15.3 Å². The number of aliphatic hydroxyl groups is 1. The van der Waals surface area contributed by atoms with E-state index in [9.17, 15) is 9.90 Å². The molecular weight excluding hydrogens is 294 g/mol. The minimum atomic E-state index is -1.14. The number of hydrogen-bond donors (Lipinski definition) is 1. The van der Waals surface area contributed by atoms with Gasteiger partial charge in [-0.1, -0.05) is 5.21 Å². The molecule has 0 aromatic carbocycles. The van der Waals surface area contributed by atoms with E-state index in [4.69, 9.17) is 0 Å². The van der Waals surface area contributed by atoms with Crippen LogP contribution in [-0.4, -0.2) is 49.0 Å². The minimum absolute atomic E-state index is 0.121. The number of likely N-dealkylation sites (tertiary alicyclic amines) is 1. The summed E-state index contributed by atoms with van der Waals surface area (Å²) in [5.41, 5.74) is 0.778. The van der Waals surface area contributed by atoms with E-state index < -0.39 is 5.60 Å². The Balaban J connectivity index is 1.76. The lowest BCUT2D eigenvalue weighted by Gasteiger charge is -2.21. The molecule has 0 saturated carbocycles. The second-order valence-corrected chi connectivity index (χ2v) is 6.37. The molecule has 0 aliphatic carbocycles. The Hall–Kier alpha value is -2.28. The Morgan fingerprint density at radius 1 is 1.39 bits per heavy atom. The Morgan fingerprint density at radius 2 is 2.17 bits per heavy atom. The van der Waals surface area contributed by atoms with E-state index in [0.29, 0.717) is 24.2 Å². The van der Waals surface area contributed by atoms with Gasteiger partial charge in [0.1, 0.15) is 11.3 Å². The number of hydrogen-bond acceptors (Lipinski definition) is 5. The molecule has 23 heavy (non-hydrogen) atoms. The summed E-state index contributed by atoms with van der Waals surface area (Å²) in [5.74, 6) is -0.121. The van der Waals surface area contributed by atoms with Crippen molar-refractivity contribution in [1.29, 1.82) is 0 Å². The third-order valence-corrected chi connectivity index (χ3v) is 4.21. The number of carbonyl (C=O) groups is 1. The number of nitrogens with zero attached hydrogens (tertiary/aromatic N) is 5. The van der Waals surface area contributed by atoms with Crippen LogP contribution < -0.4 is 0 Å². The lowest BCUT2D eigenvalue weighted by Crippen LogP contribution is -2.34. The number of amides is 1. The van der Waals surface area contributed by atoms with Crippen LogP contribution in [0.15, 0.2) is 24.5 Å². The molecule has 7 nitrogen and oxygen atoms in total. The first-order chi connectivity index (χ1) is 10.9. The normalized spacial score (nSPS) is 21.2. The number of carbonyl (C=O) groups excluding carboxylic acids is 1. The summed E-state index contributed by atoms with van der Waals surface area (Å²) in [5, 5.41) is 19.0. The van der Waals surface area contributed by atoms with Crippen LogP contribution in [0.1, 0.15) is 48.1 Å². The van der Waals surface area contributed by atoms with Gasteiger partial charge in [-0.25, -0.2) is 4.68 Å². The molecule has 1 aliphatic rings. The zero-order chi connectivity index (χ0) is 16.6. The molecule has 1 saturated heterocycles. The summed E-state index contributed by atoms with van der Waals surface area (Å²) in [6.07, 6.45) is 3.78. The fraction of sp³-hybridized carbons (Fsp3) is 0.500. The standard InChI is InChI=1S/C16H21N5O2/c1-11(2)21-9-14(18-19-21)16(23)6-7-20(10-16)15(22)13-5-4-12(3)17-8-13/h4-5,8-9,11,23H,6-7,10H2,1-3H3/t16-/m0/s1. The predicted molar refractivity (Wildman–Crippen MR) is 83.8 cm³/mol. The SMILES string of the molecule is Cc1ccc(C(=O)N2CC[C@@](O)(c3cn(C(C)C)nn3)C2)cn1. The highest BCUT2D eigenvalue weighted by Crippen LogP contribution is 2.31. The van der Waals surface area contributed by atoms with Crippen molar-refractivity contribution in [2.45, 2.75) is 38.8 Å². The third-order valence-electron chi connectivity index (χ3n) is 4.21. The van der Waals surface area contributed by atoms with Crippen LogP contribution in [0.4, 0.5) is 0 Å². The fourth-order valence-corrected chi connectivity index (χ4v) is 2.70. The molecule has 2 aromatic rings. The second-order valence-electron chi connectivity index (χ2n) is 6.37. The fourth-order valence-electron chi connectivity index (χ4n) is 2.70. The van der Waals surface area contributed by atoms with Crippen LogP contribution in [0.5, 0.6) is 0 Å². The molecule has 3 heterocycles. The lowest BCUT2D eigenvalue weighted by atomic mass is 10.00.